The highest BCUT2D eigenvalue weighted by Crippen LogP contribution is 2.61. The minimum atomic E-state index is -3.11. The molecule has 0 saturated heterocycles. The lowest BCUT2D eigenvalue weighted by atomic mass is 9.81. The number of rotatable bonds is 10. The third-order valence-electron chi connectivity index (χ3n) is 6.99. The zero-order valence-electron chi connectivity index (χ0n) is 21.4. The lowest BCUT2D eigenvalue weighted by molar-refractivity contribution is -0.138. The lowest BCUT2D eigenvalue weighted by Crippen LogP contribution is -2.37. The number of nitrogens with zero attached hydrogens (tertiary/aromatic N) is 1. The van der Waals surface area contributed by atoms with Crippen molar-refractivity contribution >= 4 is 39.7 Å². The molecule has 1 atom stereocenters. The van der Waals surface area contributed by atoms with Gasteiger partial charge in [-0.15, -0.1) is 11.8 Å². The maximum atomic E-state index is 11.6. The molecule has 0 bridgehead atoms. The number of hydrogen-bond acceptors (Lipinski definition) is 6. The number of benzene rings is 2. The highest BCUT2D eigenvalue weighted by atomic mass is 32.3. The quantitative estimate of drug-likeness (QED) is 0.296. The highest BCUT2D eigenvalue weighted by Gasteiger charge is 2.42. The van der Waals surface area contributed by atoms with E-state index in [1.54, 1.807) is 21.0 Å². The van der Waals surface area contributed by atoms with E-state index in [4.69, 9.17) is 4.74 Å². The van der Waals surface area contributed by atoms with Gasteiger partial charge in [0.2, 0.25) is 0 Å². The van der Waals surface area contributed by atoms with Crippen molar-refractivity contribution in [2.24, 2.45) is 5.41 Å². The van der Waals surface area contributed by atoms with Crippen LogP contribution < -0.4 is 9.64 Å². The number of unbranched alkanes of at least 4 members (excludes halogenated alkanes) is 1. The topological polar surface area (TPSA) is 90.2 Å². The number of fused-ring (bicyclic) bond motifs is 1. The van der Waals surface area contributed by atoms with Crippen molar-refractivity contribution in [1.82, 2.24) is 0 Å². The Labute approximate surface area is 215 Å². The van der Waals surface area contributed by atoms with Crippen LogP contribution in [0.2, 0.25) is 0 Å². The van der Waals surface area contributed by atoms with E-state index < -0.39 is 21.3 Å². The molecule has 6 nitrogen and oxygen atoms in total. The van der Waals surface area contributed by atoms with E-state index in [2.05, 4.69) is 18.7 Å². The second-order valence-corrected chi connectivity index (χ2v) is 13.6. The molecule has 35 heavy (non-hydrogen) atoms. The third-order valence-corrected chi connectivity index (χ3v) is 10.4. The van der Waals surface area contributed by atoms with E-state index in [0.29, 0.717) is 28.7 Å². The van der Waals surface area contributed by atoms with Crippen molar-refractivity contribution in [2.75, 3.05) is 24.3 Å². The van der Waals surface area contributed by atoms with E-state index in [1.165, 1.54) is 11.8 Å². The minimum Gasteiger partial charge on any atom is -0.496 e. The summed E-state index contributed by atoms with van der Waals surface area (Å²) in [5, 5.41) is 9.54. The Hall–Kier alpha value is -1.87. The van der Waals surface area contributed by atoms with Crippen molar-refractivity contribution in [2.45, 2.75) is 68.8 Å². The molecule has 2 aromatic carbocycles. The molecule has 0 spiro atoms. The number of para-hydroxylation sites is 1. The SMILES string of the molecule is CCCCC1(CC)CN(c2ccccc2)c2cc(OC)c(CSC(C)(C)C(=O)O)cc2S(O)(O)C1. The van der Waals surface area contributed by atoms with Gasteiger partial charge in [-0.1, -0.05) is 44.9 Å². The maximum Gasteiger partial charge on any atom is 0.319 e. The van der Waals surface area contributed by atoms with Gasteiger partial charge >= 0.3 is 5.97 Å². The van der Waals surface area contributed by atoms with E-state index in [9.17, 15) is 19.0 Å². The van der Waals surface area contributed by atoms with Crippen LogP contribution in [0.4, 0.5) is 11.4 Å². The molecule has 3 rings (SSSR count). The molecule has 1 aliphatic rings. The van der Waals surface area contributed by atoms with Gasteiger partial charge in [0.05, 0.1) is 17.7 Å². The molecule has 3 N–H and O–H groups in total. The fourth-order valence-electron chi connectivity index (χ4n) is 4.59. The molecule has 1 unspecified atom stereocenters. The summed E-state index contributed by atoms with van der Waals surface area (Å²) in [4.78, 5) is 14.4. The molecule has 0 amide bonds. The van der Waals surface area contributed by atoms with Crippen LogP contribution in [0.3, 0.4) is 0 Å². The van der Waals surface area contributed by atoms with Crippen molar-refractivity contribution in [3.05, 3.63) is 48.0 Å². The number of carboxylic acid groups (broad SMARTS) is 1. The summed E-state index contributed by atoms with van der Waals surface area (Å²) < 4.78 is 28.0. The number of aliphatic carboxylic acids is 1. The standard InChI is InChI=1S/C27H39NO5S2/c1-6-8-14-27(7-2)18-28(21-12-10-9-11-13-21)22-16-23(33-5)20(15-24(22)35(31,32)19-27)17-34-26(3,4)25(29)30/h9-13,15-16,31-32H,6-8,14,17-19H2,1-5H3,(H,29,30). The third kappa shape index (κ3) is 6.10. The van der Waals surface area contributed by atoms with Crippen LogP contribution >= 0.6 is 22.4 Å². The van der Waals surface area contributed by atoms with E-state index in [1.807, 2.05) is 42.5 Å². The van der Waals surface area contributed by atoms with Gasteiger partial charge in [0, 0.05) is 40.8 Å². The molecule has 1 heterocycles. The number of thioether (sulfide) groups is 1. The van der Waals surface area contributed by atoms with Crippen LogP contribution in [0.5, 0.6) is 5.75 Å². The van der Waals surface area contributed by atoms with E-state index in [-0.39, 0.29) is 5.41 Å². The van der Waals surface area contributed by atoms with Gasteiger partial charge in [-0.05, 0) is 44.9 Å². The summed E-state index contributed by atoms with van der Waals surface area (Å²) in [5.74, 6) is 0.420. The number of hydrogen-bond donors (Lipinski definition) is 3. The van der Waals surface area contributed by atoms with Gasteiger partial charge in [-0.25, -0.2) is 0 Å². The number of carbonyl (C=O) groups is 1. The first kappa shape index (κ1) is 27.7. The minimum absolute atomic E-state index is 0.253. The Morgan fingerprint density at radius 2 is 1.89 bits per heavy atom. The predicted molar refractivity (Wildman–Crippen MR) is 148 cm³/mol. The summed E-state index contributed by atoms with van der Waals surface area (Å²) in [5.41, 5.74) is 2.25. The summed E-state index contributed by atoms with van der Waals surface area (Å²) in [6.45, 7) is 8.32. The van der Waals surface area contributed by atoms with Crippen LogP contribution in [-0.4, -0.2) is 44.3 Å². The van der Waals surface area contributed by atoms with Crippen LogP contribution in [0.25, 0.3) is 0 Å². The average molecular weight is 522 g/mol. The second-order valence-electron chi connectivity index (χ2n) is 9.93. The Kier molecular flexibility index (Phi) is 8.73. The highest BCUT2D eigenvalue weighted by molar-refractivity contribution is 8.24. The largest absolute Gasteiger partial charge is 0.496 e. The molecule has 0 radical (unpaired) electrons. The molecule has 0 saturated carbocycles. The van der Waals surface area contributed by atoms with Gasteiger partial charge in [-0.2, -0.15) is 10.6 Å². The first-order valence-electron chi connectivity index (χ1n) is 12.2. The van der Waals surface area contributed by atoms with Crippen molar-refractivity contribution in [3.63, 3.8) is 0 Å². The Balaban J connectivity index is 2.17. The van der Waals surface area contributed by atoms with Crippen molar-refractivity contribution < 1.29 is 23.7 Å². The fourth-order valence-corrected chi connectivity index (χ4v) is 7.74. The zero-order valence-corrected chi connectivity index (χ0v) is 23.0. The average Bonchev–Trinajstić information content (AvgIpc) is 2.93. The summed E-state index contributed by atoms with van der Waals surface area (Å²) in [6, 6.07) is 13.8. The van der Waals surface area contributed by atoms with Gasteiger partial charge in [0.15, 0.2) is 0 Å². The molecule has 8 heteroatoms. The van der Waals surface area contributed by atoms with E-state index in [0.717, 1.165) is 42.6 Å². The van der Waals surface area contributed by atoms with Crippen LogP contribution in [0.15, 0.2) is 47.4 Å². The molecular weight excluding hydrogens is 482 g/mol. The van der Waals surface area contributed by atoms with Gasteiger partial charge < -0.3 is 14.7 Å². The van der Waals surface area contributed by atoms with Crippen LogP contribution in [-0.2, 0) is 10.5 Å². The van der Waals surface area contributed by atoms with Gasteiger partial charge in [0.1, 0.15) is 10.5 Å². The van der Waals surface area contributed by atoms with Crippen LogP contribution in [0.1, 0.15) is 58.9 Å². The molecule has 2 aromatic rings. The Morgan fingerprint density at radius 3 is 2.46 bits per heavy atom. The predicted octanol–water partition coefficient (Wildman–Crippen LogP) is 7.64. The fraction of sp³-hybridized carbons (Fsp3) is 0.519. The first-order chi connectivity index (χ1) is 16.5. The second kappa shape index (κ2) is 11.0. The summed E-state index contributed by atoms with van der Waals surface area (Å²) >= 11 is 1.29. The molecule has 0 aliphatic carbocycles. The van der Waals surface area contributed by atoms with Crippen molar-refractivity contribution in [3.8, 4) is 5.75 Å². The molecule has 194 valence electrons. The summed E-state index contributed by atoms with van der Waals surface area (Å²) in [7, 11) is -1.52. The van der Waals surface area contributed by atoms with Gasteiger partial charge in [-0.3, -0.25) is 13.9 Å². The normalized spacial score (nSPS) is 20.6. The smallest absolute Gasteiger partial charge is 0.319 e. The van der Waals surface area contributed by atoms with Crippen LogP contribution in [0, 0.1) is 5.41 Å². The number of methoxy groups -OCH3 is 1. The number of anilines is 2. The summed E-state index contributed by atoms with van der Waals surface area (Å²) in [6.07, 6.45) is 3.83. The van der Waals surface area contributed by atoms with Crippen molar-refractivity contribution in [1.29, 1.82) is 0 Å². The first-order valence-corrected chi connectivity index (χ1v) is 14.9. The Morgan fingerprint density at radius 1 is 1.20 bits per heavy atom. The Bertz CT molecular complexity index is 1030. The monoisotopic (exact) mass is 521 g/mol. The number of ether oxygens (including phenoxy) is 1. The molecule has 0 aromatic heterocycles. The molecular formula is C27H39NO5S2. The maximum absolute atomic E-state index is 11.6. The zero-order chi connectivity index (χ0) is 25.9. The van der Waals surface area contributed by atoms with Gasteiger partial charge in [0.25, 0.3) is 0 Å². The molecule has 0 fully saturated rings. The number of carboxylic acids is 1. The molecule has 1 aliphatic heterocycles. The lowest BCUT2D eigenvalue weighted by Gasteiger charge is -2.41. The van der Waals surface area contributed by atoms with E-state index >= 15 is 0 Å².